The van der Waals surface area contributed by atoms with E-state index in [1.165, 1.54) is 0 Å². The first-order valence-corrected chi connectivity index (χ1v) is 8.60. The van der Waals surface area contributed by atoms with Crippen molar-refractivity contribution in [2.24, 2.45) is 5.92 Å². The van der Waals surface area contributed by atoms with Crippen LogP contribution in [0.25, 0.3) is 0 Å². The van der Waals surface area contributed by atoms with Crippen molar-refractivity contribution in [1.29, 1.82) is 0 Å². The molecule has 0 spiro atoms. The molecule has 0 aliphatic rings. The van der Waals surface area contributed by atoms with Crippen molar-refractivity contribution in [1.82, 2.24) is 5.32 Å². The molecule has 4 nitrogen and oxygen atoms in total. The Bertz CT molecular complexity index is 770. The normalized spacial score (nSPS) is 11.9. The standard InChI is InChI=1S/C20H23ClN2O2/c1-12(2)18(23-19(24)15-6-8-16(21)9-7-15)20(25)22-17-10-5-13(3)11-14(17)4/h5-12,18H,1-4H3,(H,22,25)(H,23,24)/t18-/m0/s1. The van der Waals surface area contributed by atoms with Crippen LogP contribution >= 0.6 is 11.6 Å². The van der Waals surface area contributed by atoms with E-state index in [9.17, 15) is 9.59 Å². The van der Waals surface area contributed by atoms with Crippen molar-refractivity contribution < 1.29 is 9.59 Å². The predicted octanol–water partition coefficient (Wildman–Crippen LogP) is 4.35. The lowest BCUT2D eigenvalue weighted by atomic mass is 10.0. The van der Waals surface area contributed by atoms with Crippen LogP contribution in [0, 0.1) is 19.8 Å². The van der Waals surface area contributed by atoms with Gasteiger partial charge in [0.2, 0.25) is 5.91 Å². The Labute approximate surface area is 153 Å². The summed E-state index contributed by atoms with van der Waals surface area (Å²) in [4.78, 5) is 25.1. The van der Waals surface area contributed by atoms with Gasteiger partial charge in [-0.1, -0.05) is 43.1 Å². The van der Waals surface area contributed by atoms with E-state index < -0.39 is 6.04 Å². The van der Waals surface area contributed by atoms with Gasteiger partial charge in [0.15, 0.2) is 0 Å². The third kappa shape index (κ3) is 5.07. The first kappa shape index (κ1) is 19.0. The van der Waals surface area contributed by atoms with E-state index >= 15 is 0 Å². The van der Waals surface area contributed by atoms with Gasteiger partial charge in [-0.25, -0.2) is 0 Å². The maximum absolute atomic E-state index is 12.7. The molecule has 132 valence electrons. The van der Waals surface area contributed by atoms with Gasteiger partial charge in [-0.2, -0.15) is 0 Å². The topological polar surface area (TPSA) is 58.2 Å². The maximum atomic E-state index is 12.7. The molecule has 0 saturated carbocycles. The van der Waals surface area contributed by atoms with Gasteiger partial charge in [0.1, 0.15) is 6.04 Å². The second kappa shape index (κ2) is 8.17. The van der Waals surface area contributed by atoms with Crippen LogP contribution in [0.15, 0.2) is 42.5 Å². The van der Waals surface area contributed by atoms with E-state index in [0.717, 1.165) is 16.8 Å². The summed E-state index contributed by atoms with van der Waals surface area (Å²) in [5.41, 5.74) is 3.34. The van der Waals surface area contributed by atoms with Crippen molar-refractivity contribution in [2.75, 3.05) is 5.32 Å². The Morgan fingerprint density at radius 2 is 1.64 bits per heavy atom. The monoisotopic (exact) mass is 358 g/mol. The fraction of sp³-hybridized carbons (Fsp3) is 0.300. The number of carbonyl (C=O) groups is 2. The number of anilines is 1. The van der Waals surface area contributed by atoms with Crippen LogP contribution in [0.4, 0.5) is 5.69 Å². The van der Waals surface area contributed by atoms with E-state index in [1.807, 2.05) is 45.9 Å². The van der Waals surface area contributed by atoms with E-state index in [2.05, 4.69) is 10.6 Å². The SMILES string of the molecule is Cc1ccc(NC(=O)[C@@H](NC(=O)c2ccc(Cl)cc2)C(C)C)c(C)c1. The summed E-state index contributed by atoms with van der Waals surface area (Å²) in [6.07, 6.45) is 0. The van der Waals surface area contributed by atoms with Gasteiger partial charge < -0.3 is 10.6 Å². The molecule has 0 heterocycles. The minimum atomic E-state index is -0.635. The van der Waals surface area contributed by atoms with Crippen LogP contribution in [0.1, 0.15) is 35.3 Å². The lowest BCUT2D eigenvalue weighted by Gasteiger charge is -2.22. The summed E-state index contributed by atoms with van der Waals surface area (Å²) in [5, 5.41) is 6.28. The molecule has 0 fully saturated rings. The first-order valence-electron chi connectivity index (χ1n) is 8.22. The van der Waals surface area contributed by atoms with Crippen molar-refractivity contribution in [3.8, 4) is 0 Å². The molecule has 0 saturated heterocycles. The Hall–Kier alpha value is -2.33. The second-order valence-electron chi connectivity index (χ2n) is 6.51. The number of hydrogen-bond donors (Lipinski definition) is 2. The Kier molecular flexibility index (Phi) is 6.21. The number of halogens is 1. The third-order valence-electron chi connectivity index (χ3n) is 3.98. The zero-order valence-corrected chi connectivity index (χ0v) is 15.6. The van der Waals surface area contributed by atoms with Gasteiger partial charge in [-0.05, 0) is 55.7 Å². The number of aryl methyl sites for hydroxylation is 2. The van der Waals surface area contributed by atoms with E-state index in [1.54, 1.807) is 24.3 Å². The molecule has 0 aliphatic carbocycles. The van der Waals surface area contributed by atoms with Gasteiger partial charge in [0.05, 0.1) is 0 Å². The largest absolute Gasteiger partial charge is 0.340 e. The minimum absolute atomic E-state index is 0.0537. The highest BCUT2D eigenvalue weighted by atomic mass is 35.5. The number of amides is 2. The quantitative estimate of drug-likeness (QED) is 0.834. The molecule has 25 heavy (non-hydrogen) atoms. The van der Waals surface area contributed by atoms with Crippen LogP contribution in [0.5, 0.6) is 0 Å². The Morgan fingerprint density at radius 3 is 2.20 bits per heavy atom. The fourth-order valence-electron chi connectivity index (χ4n) is 2.53. The Morgan fingerprint density at radius 1 is 1.00 bits per heavy atom. The van der Waals surface area contributed by atoms with E-state index in [4.69, 9.17) is 11.6 Å². The van der Waals surface area contributed by atoms with Gasteiger partial charge in [0.25, 0.3) is 5.91 Å². The highest BCUT2D eigenvalue weighted by Crippen LogP contribution is 2.17. The molecule has 2 aromatic carbocycles. The molecule has 0 aromatic heterocycles. The zero-order chi connectivity index (χ0) is 18.6. The zero-order valence-electron chi connectivity index (χ0n) is 14.9. The molecular weight excluding hydrogens is 336 g/mol. The summed E-state index contributed by atoms with van der Waals surface area (Å²) in [6, 6.07) is 11.8. The first-order chi connectivity index (χ1) is 11.8. The number of hydrogen-bond acceptors (Lipinski definition) is 2. The lowest BCUT2D eigenvalue weighted by molar-refractivity contribution is -0.118. The van der Waals surface area contributed by atoms with E-state index in [0.29, 0.717) is 10.6 Å². The molecule has 1 atom stereocenters. The van der Waals surface area contributed by atoms with Gasteiger partial charge in [0, 0.05) is 16.3 Å². The Balaban J connectivity index is 2.12. The lowest BCUT2D eigenvalue weighted by Crippen LogP contribution is -2.47. The highest BCUT2D eigenvalue weighted by Gasteiger charge is 2.25. The van der Waals surface area contributed by atoms with Crippen molar-refractivity contribution in [3.05, 3.63) is 64.2 Å². The molecule has 0 bridgehead atoms. The summed E-state index contributed by atoms with van der Waals surface area (Å²) >= 11 is 5.84. The van der Waals surface area contributed by atoms with Crippen LogP contribution in [0.3, 0.4) is 0 Å². The average Bonchev–Trinajstić information content (AvgIpc) is 2.55. The molecule has 2 aromatic rings. The predicted molar refractivity (Wildman–Crippen MR) is 102 cm³/mol. The molecule has 5 heteroatoms. The average molecular weight is 359 g/mol. The van der Waals surface area contributed by atoms with Crippen LogP contribution < -0.4 is 10.6 Å². The molecule has 2 N–H and O–H groups in total. The fourth-order valence-corrected chi connectivity index (χ4v) is 2.65. The summed E-state index contributed by atoms with van der Waals surface area (Å²) < 4.78 is 0. The highest BCUT2D eigenvalue weighted by molar-refractivity contribution is 6.30. The number of carbonyl (C=O) groups excluding carboxylic acids is 2. The summed E-state index contributed by atoms with van der Waals surface area (Å²) in [7, 11) is 0. The van der Waals surface area contributed by atoms with E-state index in [-0.39, 0.29) is 17.7 Å². The van der Waals surface area contributed by atoms with Crippen molar-refractivity contribution in [3.63, 3.8) is 0 Å². The van der Waals surface area contributed by atoms with Crippen molar-refractivity contribution in [2.45, 2.75) is 33.7 Å². The molecule has 0 aliphatic heterocycles. The van der Waals surface area contributed by atoms with Gasteiger partial charge >= 0.3 is 0 Å². The summed E-state index contributed by atoms with van der Waals surface area (Å²) in [5.74, 6) is -0.586. The third-order valence-corrected chi connectivity index (χ3v) is 4.23. The molecule has 2 rings (SSSR count). The van der Waals surface area contributed by atoms with Crippen molar-refractivity contribution >= 4 is 29.1 Å². The smallest absolute Gasteiger partial charge is 0.251 e. The molecule has 2 amide bonds. The second-order valence-corrected chi connectivity index (χ2v) is 6.95. The minimum Gasteiger partial charge on any atom is -0.340 e. The van der Waals surface area contributed by atoms with Crippen LogP contribution in [-0.4, -0.2) is 17.9 Å². The molecular formula is C20H23ClN2O2. The van der Waals surface area contributed by atoms with Gasteiger partial charge in [-0.3, -0.25) is 9.59 Å². The summed E-state index contributed by atoms with van der Waals surface area (Å²) in [6.45, 7) is 7.74. The molecule has 0 unspecified atom stereocenters. The number of nitrogens with one attached hydrogen (secondary N) is 2. The molecule has 0 radical (unpaired) electrons. The number of rotatable bonds is 5. The number of benzene rings is 2. The van der Waals surface area contributed by atoms with Crippen LogP contribution in [0.2, 0.25) is 5.02 Å². The van der Waals surface area contributed by atoms with Gasteiger partial charge in [-0.15, -0.1) is 0 Å². The van der Waals surface area contributed by atoms with Crippen LogP contribution in [-0.2, 0) is 4.79 Å². The maximum Gasteiger partial charge on any atom is 0.251 e.